The highest BCUT2D eigenvalue weighted by atomic mass is 35.5. The van der Waals surface area contributed by atoms with Crippen LogP contribution in [0.1, 0.15) is 18.9 Å². The molecule has 1 unspecified atom stereocenters. The van der Waals surface area contributed by atoms with Crippen LogP contribution in [-0.4, -0.2) is 36.5 Å². The number of nitrogens with two attached hydrogens (primary N) is 1. The number of nitrogens with zero attached hydrogens (tertiary/aromatic N) is 1. The maximum atomic E-state index is 13.4. The number of anilines is 1. The second kappa shape index (κ2) is 6.91. The smallest absolute Gasteiger partial charge is 0.399 e. The lowest BCUT2D eigenvalue weighted by Crippen LogP contribution is -2.33. The topological polar surface area (TPSA) is 83.6 Å². The summed E-state index contributed by atoms with van der Waals surface area (Å²) in [5.74, 6) is 0. The van der Waals surface area contributed by atoms with Gasteiger partial charge < -0.3 is 10.8 Å². The lowest BCUT2D eigenvalue weighted by molar-refractivity contribution is -0.137. The zero-order valence-corrected chi connectivity index (χ0v) is 16.4. The van der Waals surface area contributed by atoms with Crippen LogP contribution in [0.3, 0.4) is 0 Å². The van der Waals surface area contributed by atoms with Crippen molar-refractivity contribution in [2.75, 3.05) is 18.8 Å². The highest BCUT2D eigenvalue weighted by molar-refractivity contribution is 7.89. The number of alkyl halides is 3. The number of nitrogen functional groups attached to an aromatic ring is 1. The summed E-state index contributed by atoms with van der Waals surface area (Å²) in [6, 6.07) is 7.00. The Balaban J connectivity index is 2.01. The number of sulfonamides is 1. The molecule has 0 radical (unpaired) electrons. The second-order valence-corrected chi connectivity index (χ2v) is 9.38. The first kappa shape index (κ1) is 20.9. The van der Waals surface area contributed by atoms with Gasteiger partial charge in [-0.05, 0) is 43.2 Å². The Morgan fingerprint density at radius 1 is 1.21 bits per heavy atom. The predicted octanol–water partition coefficient (Wildman–Crippen LogP) is 3.75. The molecular weight excluding hydrogens is 417 g/mol. The second-order valence-electron chi connectivity index (χ2n) is 7.03. The number of rotatable bonds is 3. The van der Waals surface area contributed by atoms with Gasteiger partial charge in [-0.25, -0.2) is 8.42 Å². The minimum absolute atomic E-state index is 0.0426. The van der Waals surface area contributed by atoms with Gasteiger partial charge in [0, 0.05) is 24.3 Å². The van der Waals surface area contributed by atoms with E-state index in [1.165, 1.54) is 30.3 Å². The first-order chi connectivity index (χ1) is 12.8. The summed E-state index contributed by atoms with van der Waals surface area (Å²) in [4.78, 5) is -0.0749. The summed E-state index contributed by atoms with van der Waals surface area (Å²) >= 11 is 6.01. The summed E-state index contributed by atoms with van der Waals surface area (Å²) in [6.07, 6.45) is -4.37. The molecule has 28 heavy (non-hydrogen) atoms. The standard InChI is InChI=1S/C18H18ClF3N2O3S/c1-17(25)6-7-24(10-17)28(26,27)13-4-2-11(3-5-13)16-14(18(20,21)22)8-12(23)9-15(16)19/h2-5,8-9,25H,6-7,10,23H2,1H3. The molecule has 2 aromatic rings. The number of β-amino-alcohol motifs (C(OH)–C–C–N with tert-alkyl or cyclic N) is 1. The monoisotopic (exact) mass is 434 g/mol. The van der Waals surface area contributed by atoms with Crippen molar-refractivity contribution >= 4 is 27.3 Å². The van der Waals surface area contributed by atoms with Gasteiger partial charge in [-0.2, -0.15) is 17.5 Å². The van der Waals surface area contributed by atoms with Crippen LogP contribution in [0.5, 0.6) is 0 Å². The molecule has 0 bridgehead atoms. The van der Waals surface area contributed by atoms with Crippen LogP contribution < -0.4 is 5.73 Å². The molecule has 1 aliphatic heterocycles. The molecule has 1 saturated heterocycles. The number of aliphatic hydroxyl groups is 1. The molecule has 1 heterocycles. The summed E-state index contributed by atoms with van der Waals surface area (Å²) in [6.45, 7) is 1.67. The SMILES string of the molecule is CC1(O)CCN(S(=O)(=O)c2ccc(-c3c(Cl)cc(N)cc3C(F)(F)F)cc2)C1. The Morgan fingerprint density at radius 3 is 2.32 bits per heavy atom. The minimum Gasteiger partial charge on any atom is -0.399 e. The van der Waals surface area contributed by atoms with E-state index in [0.29, 0.717) is 6.42 Å². The van der Waals surface area contributed by atoms with Crippen molar-refractivity contribution < 1.29 is 26.7 Å². The van der Waals surface area contributed by atoms with E-state index in [9.17, 15) is 26.7 Å². The highest BCUT2D eigenvalue weighted by Crippen LogP contribution is 2.42. The van der Waals surface area contributed by atoms with Gasteiger partial charge in [0.05, 0.1) is 21.1 Å². The third kappa shape index (κ3) is 3.98. The van der Waals surface area contributed by atoms with Crippen LogP contribution in [0.25, 0.3) is 11.1 Å². The average Bonchev–Trinajstić information content (AvgIpc) is 2.94. The maximum absolute atomic E-state index is 13.4. The van der Waals surface area contributed by atoms with Crippen LogP contribution in [0.2, 0.25) is 5.02 Å². The molecule has 1 aliphatic rings. The van der Waals surface area contributed by atoms with Crippen molar-refractivity contribution in [1.29, 1.82) is 0 Å². The summed E-state index contributed by atoms with van der Waals surface area (Å²) < 4.78 is 66.8. The van der Waals surface area contributed by atoms with Gasteiger partial charge >= 0.3 is 6.18 Å². The Kier molecular flexibility index (Phi) is 5.16. The molecule has 5 nitrogen and oxygen atoms in total. The quantitative estimate of drug-likeness (QED) is 0.720. The van der Waals surface area contributed by atoms with Crippen molar-refractivity contribution in [3.63, 3.8) is 0 Å². The van der Waals surface area contributed by atoms with Gasteiger partial charge in [0.15, 0.2) is 0 Å². The number of halogens is 4. The van der Waals surface area contributed by atoms with Crippen molar-refractivity contribution in [3.8, 4) is 11.1 Å². The fraction of sp³-hybridized carbons (Fsp3) is 0.333. The Bertz CT molecular complexity index is 1010. The fourth-order valence-electron chi connectivity index (χ4n) is 3.20. The van der Waals surface area contributed by atoms with Crippen LogP contribution in [0.4, 0.5) is 18.9 Å². The average molecular weight is 435 g/mol. The molecule has 0 saturated carbocycles. The third-order valence-electron chi connectivity index (χ3n) is 4.62. The molecule has 2 aromatic carbocycles. The normalized spacial score (nSPS) is 21.2. The molecular formula is C18H18ClF3N2O3S. The molecule has 152 valence electrons. The lowest BCUT2D eigenvalue weighted by atomic mass is 9.98. The summed E-state index contributed by atoms with van der Waals surface area (Å²) in [5.41, 5.74) is 3.11. The Morgan fingerprint density at radius 2 is 1.82 bits per heavy atom. The molecule has 0 aliphatic carbocycles. The van der Waals surface area contributed by atoms with Gasteiger partial charge in [0.1, 0.15) is 0 Å². The summed E-state index contributed by atoms with van der Waals surface area (Å²) in [7, 11) is -3.87. The van der Waals surface area contributed by atoms with E-state index in [4.69, 9.17) is 17.3 Å². The zero-order valence-electron chi connectivity index (χ0n) is 14.8. The zero-order chi connectivity index (χ0) is 20.9. The van der Waals surface area contributed by atoms with Gasteiger partial charge in [-0.1, -0.05) is 23.7 Å². The predicted molar refractivity (Wildman–Crippen MR) is 100 cm³/mol. The Hall–Kier alpha value is -1.81. The van der Waals surface area contributed by atoms with Crippen LogP contribution in [0.15, 0.2) is 41.3 Å². The molecule has 3 N–H and O–H groups in total. The molecule has 10 heteroatoms. The van der Waals surface area contributed by atoms with E-state index in [-0.39, 0.29) is 39.8 Å². The van der Waals surface area contributed by atoms with Crippen molar-refractivity contribution in [1.82, 2.24) is 4.31 Å². The van der Waals surface area contributed by atoms with Crippen molar-refractivity contribution in [2.24, 2.45) is 0 Å². The molecule has 3 rings (SSSR count). The molecule has 0 amide bonds. The fourth-order valence-corrected chi connectivity index (χ4v) is 5.09. The van der Waals surface area contributed by atoms with Gasteiger partial charge in [-0.15, -0.1) is 0 Å². The number of hydrogen-bond donors (Lipinski definition) is 2. The van der Waals surface area contributed by atoms with Crippen LogP contribution in [0, 0.1) is 0 Å². The first-order valence-electron chi connectivity index (χ1n) is 8.30. The highest BCUT2D eigenvalue weighted by Gasteiger charge is 2.39. The van der Waals surface area contributed by atoms with Gasteiger partial charge in [0.2, 0.25) is 10.0 Å². The number of hydrogen-bond acceptors (Lipinski definition) is 4. The first-order valence-corrected chi connectivity index (χ1v) is 10.1. The van der Waals surface area contributed by atoms with E-state index in [1.807, 2.05) is 0 Å². The minimum atomic E-state index is -4.68. The van der Waals surface area contributed by atoms with Gasteiger partial charge in [0.25, 0.3) is 0 Å². The third-order valence-corrected chi connectivity index (χ3v) is 6.77. The number of benzene rings is 2. The van der Waals surface area contributed by atoms with E-state index in [1.54, 1.807) is 6.92 Å². The molecule has 1 atom stereocenters. The summed E-state index contributed by atoms with van der Waals surface area (Å²) in [5, 5.41) is 9.81. The maximum Gasteiger partial charge on any atom is 0.417 e. The van der Waals surface area contributed by atoms with Crippen LogP contribution >= 0.6 is 11.6 Å². The molecule has 0 spiro atoms. The van der Waals surface area contributed by atoms with Gasteiger partial charge in [-0.3, -0.25) is 0 Å². The van der Waals surface area contributed by atoms with Crippen LogP contribution in [-0.2, 0) is 16.2 Å². The largest absolute Gasteiger partial charge is 0.417 e. The van der Waals surface area contributed by atoms with E-state index < -0.39 is 27.4 Å². The van der Waals surface area contributed by atoms with E-state index in [0.717, 1.165) is 10.4 Å². The van der Waals surface area contributed by atoms with E-state index >= 15 is 0 Å². The van der Waals surface area contributed by atoms with Crippen molar-refractivity contribution in [2.45, 2.75) is 30.0 Å². The Labute approximate surface area is 165 Å². The molecule has 0 aromatic heterocycles. The van der Waals surface area contributed by atoms with E-state index in [2.05, 4.69) is 0 Å². The van der Waals surface area contributed by atoms with Crippen molar-refractivity contribution in [3.05, 3.63) is 47.0 Å². The lowest BCUT2D eigenvalue weighted by Gasteiger charge is -2.19. The molecule has 1 fully saturated rings.